The summed E-state index contributed by atoms with van der Waals surface area (Å²) in [5.74, 6) is 1.93. The molecule has 10 nitrogen and oxygen atoms in total. The number of anilines is 3. The van der Waals surface area contributed by atoms with Crippen LogP contribution in [0.25, 0.3) is 10.9 Å². The van der Waals surface area contributed by atoms with Crippen LogP contribution in [0.3, 0.4) is 0 Å². The lowest BCUT2D eigenvalue weighted by Gasteiger charge is -2.43. The number of aryl methyl sites for hydroxylation is 1. The lowest BCUT2D eigenvalue weighted by molar-refractivity contribution is 0.231. The molecule has 36 heavy (non-hydrogen) atoms. The number of aromatic amines is 1. The zero-order valence-corrected chi connectivity index (χ0v) is 20.7. The zero-order valence-electron chi connectivity index (χ0n) is 19.8. The molecule has 186 valence electrons. The van der Waals surface area contributed by atoms with Gasteiger partial charge in [0.15, 0.2) is 15.7 Å². The van der Waals surface area contributed by atoms with E-state index in [1.54, 1.807) is 18.3 Å². The molecule has 4 N–H and O–H groups in total. The fourth-order valence-electron chi connectivity index (χ4n) is 5.41. The molecular formula is C25H28N8O2S. The summed E-state index contributed by atoms with van der Waals surface area (Å²) in [6.45, 7) is 1.95. The maximum absolute atomic E-state index is 13.2. The number of piperidine rings is 2. The standard InChI is InChI=1S/C25H28N8O2S/c1-15-9-23(33-32-15)30-24-21-6-2-3-7-22(21)29-25(31-24)28-16-10-17-12-20(13-18(11-16)27-17)36(34,35)19-5-4-8-26-14-19/h2-9,14,16-18,20,27H,10-13H2,1H3,(H3,28,29,30,31,32,33)/t16-,17+,18-,20?. The second-order valence-electron chi connectivity index (χ2n) is 9.67. The van der Waals surface area contributed by atoms with Gasteiger partial charge in [-0.1, -0.05) is 12.1 Å². The molecule has 11 heteroatoms. The highest BCUT2D eigenvalue weighted by atomic mass is 32.2. The number of rotatable bonds is 6. The smallest absolute Gasteiger partial charge is 0.225 e. The molecule has 5 heterocycles. The Labute approximate surface area is 209 Å². The lowest BCUT2D eigenvalue weighted by Crippen LogP contribution is -2.56. The van der Waals surface area contributed by atoms with Crippen LogP contribution in [0.2, 0.25) is 0 Å². The van der Waals surface area contributed by atoms with Crippen LogP contribution >= 0.6 is 0 Å². The highest BCUT2D eigenvalue weighted by Gasteiger charge is 2.41. The van der Waals surface area contributed by atoms with E-state index in [1.807, 2.05) is 37.3 Å². The Bertz CT molecular complexity index is 1480. The van der Waals surface area contributed by atoms with E-state index in [0.29, 0.717) is 35.3 Å². The second kappa shape index (κ2) is 9.14. The number of fused-ring (bicyclic) bond motifs is 3. The number of hydrogen-bond donors (Lipinski definition) is 4. The molecule has 3 aromatic heterocycles. The molecule has 2 fully saturated rings. The van der Waals surface area contributed by atoms with E-state index in [2.05, 4.69) is 31.1 Å². The van der Waals surface area contributed by atoms with Gasteiger partial charge in [0, 0.05) is 47.7 Å². The largest absolute Gasteiger partial charge is 0.351 e. The molecule has 2 saturated heterocycles. The Hall–Kier alpha value is -3.57. The Morgan fingerprint density at radius 3 is 2.53 bits per heavy atom. The maximum atomic E-state index is 13.2. The molecule has 2 aliphatic heterocycles. The van der Waals surface area contributed by atoms with E-state index in [9.17, 15) is 8.42 Å². The van der Waals surface area contributed by atoms with E-state index in [0.717, 1.165) is 29.4 Å². The minimum Gasteiger partial charge on any atom is -0.351 e. The number of nitrogens with one attached hydrogen (secondary N) is 4. The van der Waals surface area contributed by atoms with Crippen LogP contribution < -0.4 is 16.0 Å². The minimum atomic E-state index is -3.40. The van der Waals surface area contributed by atoms with Crippen LogP contribution in [-0.4, -0.2) is 56.9 Å². The molecule has 6 rings (SSSR count). The summed E-state index contributed by atoms with van der Waals surface area (Å²) in [6, 6.07) is 13.5. The SMILES string of the molecule is Cc1cc(Nc2nc(N[C@@H]3C[C@H]4CC(S(=O)(=O)c5cccnc5)C[C@@H](C3)N4)nc3ccccc23)n[nH]1. The van der Waals surface area contributed by atoms with Gasteiger partial charge in [-0.3, -0.25) is 10.1 Å². The zero-order chi connectivity index (χ0) is 24.7. The predicted octanol–water partition coefficient (Wildman–Crippen LogP) is 3.34. The van der Waals surface area contributed by atoms with Gasteiger partial charge >= 0.3 is 0 Å². The first kappa shape index (κ1) is 22.9. The Balaban J connectivity index is 1.20. The van der Waals surface area contributed by atoms with Gasteiger partial charge in [0.25, 0.3) is 0 Å². The fourth-order valence-corrected chi connectivity index (χ4v) is 7.25. The summed E-state index contributed by atoms with van der Waals surface area (Å²) in [7, 11) is -3.40. The third kappa shape index (κ3) is 4.51. The fraction of sp³-hybridized carbons (Fsp3) is 0.360. The van der Waals surface area contributed by atoms with Crippen molar-refractivity contribution in [1.82, 2.24) is 30.5 Å². The normalized spacial score (nSPS) is 23.9. The number of pyridine rings is 1. The average Bonchev–Trinajstić information content (AvgIpc) is 3.28. The van der Waals surface area contributed by atoms with Crippen LogP contribution in [0.5, 0.6) is 0 Å². The number of sulfone groups is 1. The lowest BCUT2D eigenvalue weighted by atomic mass is 9.84. The summed E-state index contributed by atoms with van der Waals surface area (Å²) in [5.41, 5.74) is 1.79. The highest BCUT2D eigenvalue weighted by Crippen LogP contribution is 2.34. The van der Waals surface area contributed by atoms with Crippen molar-refractivity contribution >= 4 is 38.3 Å². The first-order valence-corrected chi connectivity index (χ1v) is 13.7. The van der Waals surface area contributed by atoms with Crippen molar-refractivity contribution in [2.45, 2.75) is 60.9 Å². The van der Waals surface area contributed by atoms with Gasteiger partial charge in [0.05, 0.1) is 15.7 Å². The van der Waals surface area contributed by atoms with Gasteiger partial charge < -0.3 is 16.0 Å². The molecule has 0 spiro atoms. The number of hydrogen-bond acceptors (Lipinski definition) is 9. The third-order valence-electron chi connectivity index (χ3n) is 6.99. The van der Waals surface area contributed by atoms with Crippen molar-refractivity contribution in [2.75, 3.05) is 10.6 Å². The van der Waals surface area contributed by atoms with Crippen molar-refractivity contribution < 1.29 is 8.42 Å². The van der Waals surface area contributed by atoms with Crippen LogP contribution in [-0.2, 0) is 9.84 Å². The number of aromatic nitrogens is 5. The molecule has 1 aromatic carbocycles. The molecule has 0 amide bonds. The van der Waals surface area contributed by atoms with Crippen molar-refractivity contribution in [3.8, 4) is 0 Å². The Kier molecular flexibility index (Phi) is 5.81. The summed E-state index contributed by atoms with van der Waals surface area (Å²) in [6.07, 6.45) is 5.80. The van der Waals surface area contributed by atoms with Gasteiger partial charge in [-0.25, -0.2) is 13.4 Å². The first-order chi connectivity index (χ1) is 17.4. The molecule has 2 bridgehead atoms. The maximum Gasteiger partial charge on any atom is 0.225 e. The van der Waals surface area contributed by atoms with Crippen molar-refractivity contribution in [3.63, 3.8) is 0 Å². The van der Waals surface area contributed by atoms with Crippen LogP contribution in [0.1, 0.15) is 31.4 Å². The average molecular weight is 505 g/mol. The number of nitrogens with zero attached hydrogens (tertiary/aromatic N) is 4. The molecular weight excluding hydrogens is 476 g/mol. The van der Waals surface area contributed by atoms with Crippen molar-refractivity contribution in [2.24, 2.45) is 0 Å². The summed E-state index contributed by atoms with van der Waals surface area (Å²) < 4.78 is 26.4. The number of benzene rings is 1. The van der Waals surface area contributed by atoms with Crippen LogP contribution in [0, 0.1) is 6.92 Å². The van der Waals surface area contributed by atoms with Gasteiger partial charge in [-0.05, 0) is 56.9 Å². The molecule has 4 aromatic rings. The van der Waals surface area contributed by atoms with Gasteiger partial charge in [-0.2, -0.15) is 10.1 Å². The Morgan fingerprint density at radius 1 is 1.00 bits per heavy atom. The third-order valence-corrected chi connectivity index (χ3v) is 9.16. The summed E-state index contributed by atoms with van der Waals surface area (Å²) >= 11 is 0. The van der Waals surface area contributed by atoms with Gasteiger partial charge in [-0.15, -0.1) is 0 Å². The minimum absolute atomic E-state index is 0.108. The van der Waals surface area contributed by atoms with Crippen molar-refractivity contribution in [3.05, 3.63) is 60.6 Å². The van der Waals surface area contributed by atoms with Crippen LogP contribution in [0.4, 0.5) is 17.6 Å². The highest BCUT2D eigenvalue weighted by molar-refractivity contribution is 7.92. The molecule has 0 saturated carbocycles. The Morgan fingerprint density at radius 2 is 1.81 bits per heavy atom. The molecule has 1 unspecified atom stereocenters. The molecule has 4 atom stereocenters. The van der Waals surface area contributed by atoms with E-state index in [-0.39, 0.29) is 18.1 Å². The van der Waals surface area contributed by atoms with Gasteiger partial charge in [0.1, 0.15) is 5.82 Å². The number of para-hydroxylation sites is 1. The van der Waals surface area contributed by atoms with Gasteiger partial charge in [0.2, 0.25) is 5.95 Å². The molecule has 0 aliphatic carbocycles. The number of H-pyrrole nitrogens is 1. The first-order valence-electron chi connectivity index (χ1n) is 12.2. The quantitative estimate of drug-likeness (QED) is 0.311. The van der Waals surface area contributed by atoms with E-state index in [4.69, 9.17) is 9.97 Å². The monoisotopic (exact) mass is 504 g/mol. The van der Waals surface area contributed by atoms with E-state index >= 15 is 0 Å². The van der Waals surface area contributed by atoms with Crippen molar-refractivity contribution in [1.29, 1.82) is 0 Å². The summed E-state index contributed by atoms with van der Waals surface area (Å²) in [4.78, 5) is 13.8. The topological polar surface area (TPSA) is 138 Å². The predicted molar refractivity (Wildman–Crippen MR) is 138 cm³/mol. The van der Waals surface area contributed by atoms with Crippen LogP contribution in [0.15, 0.2) is 59.8 Å². The van der Waals surface area contributed by atoms with E-state index < -0.39 is 15.1 Å². The summed E-state index contributed by atoms with van der Waals surface area (Å²) in [5, 5.41) is 18.2. The molecule has 2 aliphatic rings. The van der Waals surface area contributed by atoms with E-state index in [1.165, 1.54) is 6.20 Å². The second-order valence-corrected chi connectivity index (χ2v) is 11.9. The molecule has 0 radical (unpaired) electrons.